The molecular weight excluding hydrogens is 290 g/mol. The number of allylic oxidation sites excluding steroid dienone is 1. The van der Waals surface area contributed by atoms with Gasteiger partial charge in [-0.2, -0.15) is 0 Å². The molecule has 4 heteroatoms. The predicted molar refractivity (Wildman–Crippen MR) is 90.0 cm³/mol. The molecule has 3 fully saturated rings. The van der Waals surface area contributed by atoms with Gasteiger partial charge in [-0.05, 0) is 50.4 Å². The van der Waals surface area contributed by atoms with Gasteiger partial charge in [0.15, 0.2) is 0 Å². The van der Waals surface area contributed by atoms with Gasteiger partial charge in [-0.25, -0.2) is 0 Å². The standard InChI is InChI=1S/C19H31NO3/c1-19(2)8-5-14(6-9-19)12-18(22)20-10-3-4-16(20)15-13-23-11-7-17(15)21/h12,15-17,21H,3-11,13H2,1-2H3. The smallest absolute Gasteiger partial charge is 0.246 e. The molecule has 0 bridgehead atoms. The summed E-state index contributed by atoms with van der Waals surface area (Å²) in [4.78, 5) is 14.8. The number of nitrogens with zero attached hydrogens (tertiary/aromatic N) is 1. The molecule has 0 aromatic rings. The Bertz CT molecular complexity index is 459. The highest BCUT2D eigenvalue weighted by atomic mass is 16.5. The lowest BCUT2D eigenvalue weighted by Gasteiger charge is -2.37. The Balaban J connectivity index is 1.64. The quantitative estimate of drug-likeness (QED) is 0.796. The first-order valence-corrected chi connectivity index (χ1v) is 9.22. The maximum absolute atomic E-state index is 12.8. The first-order chi connectivity index (χ1) is 11.0. The molecule has 0 aromatic carbocycles. The minimum atomic E-state index is -0.328. The highest BCUT2D eigenvalue weighted by Gasteiger charge is 2.39. The van der Waals surface area contributed by atoms with Gasteiger partial charge in [0.25, 0.3) is 0 Å². The van der Waals surface area contributed by atoms with Crippen LogP contribution in [0.1, 0.15) is 58.8 Å². The fourth-order valence-electron chi connectivity index (χ4n) is 4.28. The maximum Gasteiger partial charge on any atom is 0.246 e. The summed E-state index contributed by atoms with van der Waals surface area (Å²) in [5.74, 6) is 0.235. The third-order valence-electron chi connectivity index (χ3n) is 6.01. The van der Waals surface area contributed by atoms with Gasteiger partial charge in [0.2, 0.25) is 5.91 Å². The van der Waals surface area contributed by atoms with E-state index in [2.05, 4.69) is 13.8 Å². The van der Waals surface area contributed by atoms with E-state index in [9.17, 15) is 9.90 Å². The normalized spacial score (nSPS) is 34.5. The van der Waals surface area contributed by atoms with Gasteiger partial charge < -0.3 is 14.7 Å². The molecule has 2 saturated heterocycles. The van der Waals surface area contributed by atoms with Crippen LogP contribution in [-0.2, 0) is 9.53 Å². The van der Waals surface area contributed by atoms with Gasteiger partial charge in [0.1, 0.15) is 0 Å². The lowest BCUT2D eigenvalue weighted by atomic mass is 9.75. The van der Waals surface area contributed by atoms with Gasteiger partial charge in [0, 0.05) is 31.2 Å². The number of aliphatic hydroxyl groups is 1. The van der Waals surface area contributed by atoms with Crippen LogP contribution in [0.3, 0.4) is 0 Å². The van der Waals surface area contributed by atoms with Gasteiger partial charge in [-0.3, -0.25) is 4.79 Å². The van der Waals surface area contributed by atoms with Crippen molar-refractivity contribution in [2.24, 2.45) is 11.3 Å². The average Bonchev–Trinajstić information content (AvgIpc) is 2.99. The van der Waals surface area contributed by atoms with Crippen molar-refractivity contribution in [3.8, 4) is 0 Å². The van der Waals surface area contributed by atoms with Crippen molar-refractivity contribution >= 4 is 5.91 Å². The molecule has 3 atom stereocenters. The predicted octanol–water partition coefficient (Wildman–Crippen LogP) is 2.90. The number of aliphatic hydroxyl groups excluding tert-OH is 1. The summed E-state index contributed by atoms with van der Waals surface area (Å²) in [6, 6.07) is 0.148. The highest BCUT2D eigenvalue weighted by Crippen LogP contribution is 2.38. The summed E-state index contributed by atoms with van der Waals surface area (Å²) >= 11 is 0. The van der Waals surface area contributed by atoms with Crippen molar-refractivity contribution in [2.45, 2.75) is 70.9 Å². The van der Waals surface area contributed by atoms with E-state index >= 15 is 0 Å². The minimum absolute atomic E-state index is 0.0823. The summed E-state index contributed by atoms with van der Waals surface area (Å²) in [6.07, 6.45) is 8.73. The van der Waals surface area contributed by atoms with Crippen molar-refractivity contribution < 1.29 is 14.6 Å². The summed E-state index contributed by atoms with van der Waals surface area (Å²) < 4.78 is 5.55. The first kappa shape index (κ1) is 17.0. The molecular formula is C19H31NO3. The van der Waals surface area contributed by atoms with E-state index in [0.717, 1.165) is 32.2 Å². The Hall–Kier alpha value is -0.870. The monoisotopic (exact) mass is 321 g/mol. The number of amides is 1. The Morgan fingerprint density at radius 2 is 2.04 bits per heavy atom. The Morgan fingerprint density at radius 1 is 1.30 bits per heavy atom. The second-order valence-electron chi connectivity index (χ2n) is 8.30. The number of hydrogen-bond donors (Lipinski definition) is 1. The SMILES string of the molecule is CC1(C)CCC(=CC(=O)N2CCCC2C2COCCC2O)CC1. The van der Waals surface area contributed by atoms with Crippen LogP contribution in [0.2, 0.25) is 0 Å². The molecule has 3 rings (SSSR count). The Morgan fingerprint density at radius 3 is 2.74 bits per heavy atom. The third-order valence-corrected chi connectivity index (χ3v) is 6.01. The number of hydrogen-bond acceptors (Lipinski definition) is 3. The van der Waals surface area contributed by atoms with Gasteiger partial charge in [0.05, 0.1) is 12.7 Å². The van der Waals surface area contributed by atoms with Crippen LogP contribution in [0.25, 0.3) is 0 Å². The number of carbonyl (C=O) groups excluding carboxylic acids is 1. The molecule has 1 saturated carbocycles. The number of carbonyl (C=O) groups is 1. The van der Waals surface area contributed by atoms with E-state index in [-0.39, 0.29) is 24.0 Å². The van der Waals surface area contributed by atoms with E-state index in [1.54, 1.807) is 0 Å². The molecule has 130 valence electrons. The van der Waals surface area contributed by atoms with E-state index in [4.69, 9.17) is 4.74 Å². The fraction of sp³-hybridized carbons (Fsp3) is 0.842. The first-order valence-electron chi connectivity index (χ1n) is 9.22. The van der Waals surface area contributed by atoms with E-state index in [0.29, 0.717) is 25.0 Å². The summed E-state index contributed by atoms with van der Waals surface area (Å²) in [6.45, 7) is 6.67. The molecule has 0 spiro atoms. The molecule has 4 nitrogen and oxygen atoms in total. The zero-order valence-electron chi connectivity index (χ0n) is 14.6. The van der Waals surface area contributed by atoms with Crippen molar-refractivity contribution in [3.63, 3.8) is 0 Å². The minimum Gasteiger partial charge on any atom is -0.393 e. The molecule has 23 heavy (non-hydrogen) atoms. The number of ether oxygens (including phenoxy) is 1. The maximum atomic E-state index is 12.8. The zero-order valence-corrected chi connectivity index (χ0v) is 14.6. The molecule has 0 aromatic heterocycles. The van der Waals surface area contributed by atoms with Crippen LogP contribution in [0.4, 0.5) is 0 Å². The van der Waals surface area contributed by atoms with Crippen molar-refractivity contribution in [3.05, 3.63) is 11.6 Å². The van der Waals surface area contributed by atoms with Gasteiger partial charge in [-0.1, -0.05) is 19.4 Å². The fourth-order valence-corrected chi connectivity index (χ4v) is 4.28. The van der Waals surface area contributed by atoms with Crippen LogP contribution >= 0.6 is 0 Å². The van der Waals surface area contributed by atoms with E-state index in [1.165, 1.54) is 18.4 Å². The molecule has 1 N–H and O–H groups in total. The molecule has 1 amide bonds. The molecule has 1 aliphatic carbocycles. The van der Waals surface area contributed by atoms with Crippen LogP contribution in [0.5, 0.6) is 0 Å². The summed E-state index contributed by atoms with van der Waals surface area (Å²) in [5, 5.41) is 10.3. The third kappa shape index (κ3) is 3.97. The summed E-state index contributed by atoms with van der Waals surface area (Å²) in [5.41, 5.74) is 1.72. The van der Waals surface area contributed by atoms with Gasteiger partial charge in [-0.15, -0.1) is 0 Å². The van der Waals surface area contributed by atoms with Crippen LogP contribution in [0.15, 0.2) is 11.6 Å². The average molecular weight is 321 g/mol. The van der Waals surface area contributed by atoms with Gasteiger partial charge >= 0.3 is 0 Å². The molecule has 2 heterocycles. The van der Waals surface area contributed by atoms with Crippen LogP contribution in [0, 0.1) is 11.3 Å². The van der Waals surface area contributed by atoms with Crippen LogP contribution < -0.4 is 0 Å². The van der Waals surface area contributed by atoms with E-state index in [1.807, 2.05) is 11.0 Å². The topological polar surface area (TPSA) is 49.8 Å². The lowest BCUT2D eigenvalue weighted by Crippen LogP contribution is -2.47. The molecule has 3 aliphatic rings. The second kappa shape index (κ2) is 6.94. The van der Waals surface area contributed by atoms with Crippen molar-refractivity contribution in [1.29, 1.82) is 0 Å². The Labute approximate surface area is 139 Å². The number of likely N-dealkylation sites (tertiary alicyclic amines) is 1. The molecule has 2 aliphatic heterocycles. The highest BCUT2D eigenvalue weighted by molar-refractivity contribution is 5.88. The molecule has 3 unspecified atom stereocenters. The summed E-state index contributed by atoms with van der Waals surface area (Å²) in [7, 11) is 0. The van der Waals surface area contributed by atoms with Crippen LogP contribution in [-0.4, -0.2) is 47.8 Å². The second-order valence-corrected chi connectivity index (χ2v) is 8.30. The largest absolute Gasteiger partial charge is 0.393 e. The molecule has 0 radical (unpaired) electrons. The van der Waals surface area contributed by atoms with E-state index < -0.39 is 0 Å². The van der Waals surface area contributed by atoms with Crippen molar-refractivity contribution in [2.75, 3.05) is 19.8 Å². The van der Waals surface area contributed by atoms with Crippen molar-refractivity contribution in [1.82, 2.24) is 4.90 Å². The Kier molecular flexibility index (Phi) is 5.12. The number of rotatable bonds is 2. The zero-order chi connectivity index (χ0) is 16.4. The lowest BCUT2D eigenvalue weighted by molar-refractivity contribution is -0.131.